The van der Waals surface area contributed by atoms with Crippen molar-refractivity contribution in [1.29, 1.82) is 0 Å². The lowest BCUT2D eigenvalue weighted by molar-refractivity contribution is -0.128. The summed E-state index contributed by atoms with van der Waals surface area (Å²) in [5, 5.41) is -0.0753. The molecule has 5 nitrogen and oxygen atoms in total. The summed E-state index contributed by atoms with van der Waals surface area (Å²) in [4.78, 5) is 31.3. The third kappa shape index (κ3) is 5.11. The standard InChI is InChI=1S/C24H28N2O3S/c1-5-6-11-29-24(28)20-12-18(8-7-17(20)4)19-9-10-25-21(13-19)23-26(14-16(2)3)22(27)15-30-23/h5,7-10,12-13,16,23H,1,6,11,14-15H2,2-4H3. The number of benzene rings is 1. The molecule has 158 valence electrons. The van der Waals surface area contributed by atoms with E-state index < -0.39 is 0 Å². The molecule has 2 heterocycles. The minimum absolute atomic E-state index is 0.0753. The molecule has 1 aliphatic heterocycles. The number of aromatic nitrogens is 1. The number of thioether (sulfide) groups is 1. The number of amides is 1. The van der Waals surface area contributed by atoms with Crippen LogP contribution in [0.15, 0.2) is 49.2 Å². The van der Waals surface area contributed by atoms with Gasteiger partial charge in [0.2, 0.25) is 5.91 Å². The van der Waals surface area contributed by atoms with Crippen molar-refractivity contribution in [3.63, 3.8) is 0 Å². The van der Waals surface area contributed by atoms with Gasteiger partial charge in [-0.1, -0.05) is 32.1 Å². The first-order valence-electron chi connectivity index (χ1n) is 10.2. The monoisotopic (exact) mass is 424 g/mol. The largest absolute Gasteiger partial charge is 0.462 e. The lowest BCUT2D eigenvalue weighted by Crippen LogP contribution is -2.32. The van der Waals surface area contributed by atoms with Gasteiger partial charge in [0.1, 0.15) is 5.37 Å². The molecule has 1 aromatic heterocycles. The molecule has 0 aliphatic carbocycles. The van der Waals surface area contributed by atoms with Crippen molar-refractivity contribution in [2.24, 2.45) is 5.92 Å². The first kappa shape index (κ1) is 22.1. The molecule has 1 saturated heterocycles. The Kier molecular flexibility index (Phi) is 7.32. The van der Waals surface area contributed by atoms with Crippen LogP contribution in [0.1, 0.15) is 47.3 Å². The Morgan fingerprint density at radius 1 is 1.33 bits per heavy atom. The summed E-state index contributed by atoms with van der Waals surface area (Å²) in [6.45, 7) is 10.8. The molecule has 1 atom stereocenters. The van der Waals surface area contributed by atoms with E-state index in [0.717, 1.165) is 22.4 Å². The zero-order valence-corrected chi connectivity index (χ0v) is 18.6. The van der Waals surface area contributed by atoms with Gasteiger partial charge < -0.3 is 9.64 Å². The molecule has 0 saturated carbocycles. The summed E-state index contributed by atoms with van der Waals surface area (Å²) >= 11 is 1.61. The Labute approximate surface area is 182 Å². The number of carbonyl (C=O) groups excluding carboxylic acids is 2. The quantitative estimate of drug-likeness (QED) is 0.338. The van der Waals surface area contributed by atoms with E-state index in [-0.39, 0.29) is 17.3 Å². The van der Waals surface area contributed by atoms with Crippen LogP contribution < -0.4 is 0 Å². The van der Waals surface area contributed by atoms with Crippen LogP contribution in [0, 0.1) is 12.8 Å². The van der Waals surface area contributed by atoms with Gasteiger partial charge in [0, 0.05) is 12.7 Å². The Morgan fingerprint density at radius 3 is 2.83 bits per heavy atom. The molecular formula is C24H28N2O3S. The van der Waals surface area contributed by atoms with Gasteiger partial charge in [-0.3, -0.25) is 9.78 Å². The molecule has 1 aromatic carbocycles. The Hall–Kier alpha value is -2.60. The van der Waals surface area contributed by atoms with Gasteiger partial charge in [-0.15, -0.1) is 18.3 Å². The second-order valence-corrected chi connectivity index (χ2v) is 8.88. The zero-order valence-electron chi connectivity index (χ0n) is 17.8. The SMILES string of the molecule is C=CCCOC(=O)c1cc(-c2ccnc(C3SCC(=O)N3CC(C)C)c2)ccc1C. The van der Waals surface area contributed by atoms with Crippen LogP contribution >= 0.6 is 11.8 Å². The minimum atomic E-state index is -0.328. The molecule has 1 fully saturated rings. The van der Waals surface area contributed by atoms with E-state index in [1.165, 1.54) is 0 Å². The van der Waals surface area contributed by atoms with Gasteiger partial charge in [-0.2, -0.15) is 0 Å². The predicted octanol–water partition coefficient (Wildman–Crippen LogP) is 5.02. The molecule has 1 unspecified atom stereocenters. The first-order chi connectivity index (χ1) is 14.4. The fourth-order valence-electron chi connectivity index (χ4n) is 3.39. The third-order valence-electron chi connectivity index (χ3n) is 4.91. The average Bonchev–Trinajstić information content (AvgIpc) is 3.08. The molecule has 0 spiro atoms. The fraction of sp³-hybridized carbons (Fsp3) is 0.375. The smallest absolute Gasteiger partial charge is 0.338 e. The highest BCUT2D eigenvalue weighted by atomic mass is 32.2. The van der Waals surface area contributed by atoms with Gasteiger partial charge in [0.05, 0.1) is 23.6 Å². The highest BCUT2D eigenvalue weighted by Gasteiger charge is 2.34. The van der Waals surface area contributed by atoms with Crippen LogP contribution in [0.25, 0.3) is 11.1 Å². The number of hydrogen-bond acceptors (Lipinski definition) is 5. The summed E-state index contributed by atoms with van der Waals surface area (Å²) < 4.78 is 5.34. The van der Waals surface area contributed by atoms with E-state index in [2.05, 4.69) is 25.4 Å². The van der Waals surface area contributed by atoms with Gasteiger partial charge >= 0.3 is 5.97 Å². The van der Waals surface area contributed by atoms with E-state index in [4.69, 9.17) is 4.74 Å². The number of hydrogen-bond donors (Lipinski definition) is 0. The van der Waals surface area contributed by atoms with E-state index >= 15 is 0 Å². The first-order valence-corrected chi connectivity index (χ1v) is 11.2. The second kappa shape index (κ2) is 9.94. The maximum atomic E-state index is 12.5. The van der Waals surface area contributed by atoms with Crippen LogP contribution in [-0.4, -0.2) is 40.7 Å². The van der Waals surface area contributed by atoms with E-state index in [9.17, 15) is 9.59 Å². The summed E-state index contributed by atoms with van der Waals surface area (Å²) in [6, 6.07) is 9.73. The summed E-state index contributed by atoms with van der Waals surface area (Å²) in [6.07, 6.45) is 4.12. The highest BCUT2D eigenvalue weighted by Crippen LogP contribution is 2.39. The van der Waals surface area contributed by atoms with Crippen molar-refractivity contribution in [1.82, 2.24) is 9.88 Å². The number of ether oxygens (including phenoxy) is 1. The van der Waals surface area contributed by atoms with Gasteiger partial charge in [-0.25, -0.2) is 4.79 Å². The van der Waals surface area contributed by atoms with Gasteiger partial charge in [-0.05, 0) is 54.2 Å². The molecule has 2 aromatic rings. The Balaban J connectivity index is 1.87. The molecule has 1 amide bonds. The van der Waals surface area contributed by atoms with Gasteiger partial charge in [0.25, 0.3) is 0 Å². The number of aryl methyl sites for hydroxylation is 1. The normalized spacial score (nSPS) is 16.2. The molecule has 1 aliphatic rings. The van der Waals surface area contributed by atoms with Crippen molar-refractivity contribution >= 4 is 23.6 Å². The topological polar surface area (TPSA) is 59.5 Å². The van der Waals surface area contributed by atoms with Crippen molar-refractivity contribution in [2.45, 2.75) is 32.6 Å². The lowest BCUT2D eigenvalue weighted by atomic mass is 10.00. The second-order valence-electron chi connectivity index (χ2n) is 7.82. The summed E-state index contributed by atoms with van der Waals surface area (Å²) in [7, 11) is 0. The Morgan fingerprint density at radius 2 is 2.10 bits per heavy atom. The number of carbonyl (C=O) groups is 2. The molecule has 0 radical (unpaired) electrons. The zero-order chi connectivity index (χ0) is 21.7. The van der Waals surface area contributed by atoms with E-state index in [1.807, 2.05) is 42.2 Å². The van der Waals surface area contributed by atoms with E-state index in [0.29, 0.717) is 36.8 Å². The lowest BCUT2D eigenvalue weighted by Gasteiger charge is -2.25. The van der Waals surface area contributed by atoms with Gasteiger partial charge in [0.15, 0.2) is 0 Å². The molecular weight excluding hydrogens is 396 g/mol. The minimum Gasteiger partial charge on any atom is -0.462 e. The van der Waals surface area contributed by atoms with Crippen molar-refractivity contribution in [3.05, 3.63) is 66.0 Å². The summed E-state index contributed by atoms with van der Waals surface area (Å²) in [5.41, 5.74) is 4.17. The highest BCUT2D eigenvalue weighted by molar-refractivity contribution is 8.00. The summed E-state index contributed by atoms with van der Waals surface area (Å²) in [5.74, 6) is 0.704. The van der Waals surface area contributed by atoms with Crippen LogP contribution in [0.4, 0.5) is 0 Å². The van der Waals surface area contributed by atoms with Crippen LogP contribution in [0.5, 0.6) is 0 Å². The van der Waals surface area contributed by atoms with Crippen molar-refractivity contribution < 1.29 is 14.3 Å². The molecule has 3 rings (SSSR count). The maximum Gasteiger partial charge on any atom is 0.338 e. The Bertz CT molecular complexity index is 942. The number of nitrogens with zero attached hydrogens (tertiary/aromatic N) is 2. The molecule has 0 bridgehead atoms. The average molecular weight is 425 g/mol. The molecule has 30 heavy (non-hydrogen) atoms. The van der Waals surface area contributed by atoms with Crippen molar-refractivity contribution in [2.75, 3.05) is 18.9 Å². The van der Waals surface area contributed by atoms with E-state index in [1.54, 1.807) is 24.0 Å². The number of pyridine rings is 1. The predicted molar refractivity (Wildman–Crippen MR) is 121 cm³/mol. The number of esters is 1. The van der Waals surface area contributed by atoms with Crippen LogP contribution in [0.3, 0.4) is 0 Å². The number of rotatable bonds is 8. The molecule has 6 heteroatoms. The maximum absolute atomic E-state index is 12.5. The third-order valence-corrected chi connectivity index (χ3v) is 6.14. The fourth-order valence-corrected chi connectivity index (χ4v) is 4.54. The van der Waals surface area contributed by atoms with Crippen LogP contribution in [-0.2, 0) is 9.53 Å². The van der Waals surface area contributed by atoms with Crippen molar-refractivity contribution in [3.8, 4) is 11.1 Å². The van der Waals surface area contributed by atoms with Crippen LogP contribution in [0.2, 0.25) is 0 Å². The molecule has 0 N–H and O–H groups in total.